The molecule has 3 nitrogen and oxygen atoms in total. The Hall–Kier alpha value is -1.01. The second kappa shape index (κ2) is 4.02. The molecule has 0 saturated heterocycles. The van der Waals surface area contributed by atoms with Gasteiger partial charge in [0.15, 0.2) is 0 Å². The van der Waals surface area contributed by atoms with Crippen molar-refractivity contribution in [2.45, 2.75) is 6.42 Å². The maximum Gasteiger partial charge on any atom is 0.265 e. The molecule has 1 N–H and O–H groups in total. The molecule has 0 amide bonds. The van der Waals surface area contributed by atoms with Gasteiger partial charge in [-0.15, -0.1) is 0 Å². The van der Waals surface area contributed by atoms with Gasteiger partial charge in [-0.25, -0.2) is 8.78 Å². The third kappa shape index (κ3) is 3.80. The van der Waals surface area contributed by atoms with E-state index < -0.39 is 27.5 Å². The highest BCUT2D eigenvalue weighted by Crippen LogP contribution is 2.09. The van der Waals surface area contributed by atoms with Crippen LogP contribution in [0.4, 0.5) is 8.78 Å². The quantitative estimate of drug-likeness (QED) is 0.786. The monoisotopic (exact) mass is 222 g/mol. The van der Waals surface area contributed by atoms with E-state index in [2.05, 4.69) is 0 Å². The van der Waals surface area contributed by atoms with Gasteiger partial charge in [-0.1, -0.05) is 0 Å². The first kappa shape index (κ1) is 11.1. The Morgan fingerprint density at radius 3 is 2.07 bits per heavy atom. The lowest BCUT2D eigenvalue weighted by Crippen LogP contribution is -2.06. The summed E-state index contributed by atoms with van der Waals surface area (Å²) in [5, 5.41) is 0. The van der Waals surface area contributed by atoms with E-state index in [0.717, 1.165) is 12.1 Å². The van der Waals surface area contributed by atoms with Crippen molar-refractivity contribution in [2.24, 2.45) is 0 Å². The molecule has 78 valence electrons. The van der Waals surface area contributed by atoms with Gasteiger partial charge in [-0.2, -0.15) is 8.42 Å². The Bertz CT molecular complexity index is 408. The van der Waals surface area contributed by atoms with Crippen LogP contribution in [0.5, 0.6) is 0 Å². The van der Waals surface area contributed by atoms with E-state index in [1.165, 1.54) is 0 Å². The van der Waals surface area contributed by atoms with Crippen molar-refractivity contribution in [1.82, 2.24) is 0 Å². The van der Waals surface area contributed by atoms with Crippen molar-refractivity contribution in [1.29, 1.82) is 0 Å². The zero-order valence-electron chi connectivity index (χ0n) is 7.07. The Labute approximate surface area is 80.1 Å². The maximum atomic E-state index is 12.6. The fourth-order valence-corrected chi connectivity index (χ4v) is 1.50. The van der Waals surface area contributed by atoms with Crippen molar-refractivity contribution in [3.63, 3.8) is 0 Å². The lowest BCUT2D eigenvalue weighted by molar-refractivity contribution is 0.482. The third-order valence-electron chi connectivity index (χ3n) is 1.57. The van der Waals surface area contributed by atoms with E-state index in [-0.39, 0.29) is 12.0 Å². The highest BCUT2D eigenvalue weighted by molar-refractivity contribution is 7.85. The third-order valence-corrected chi connectivity index (χ3v) is 2.29. The van der Waals surface area contributed by atoms with Crippen LogP contribution in [0.25, 0.3) is 0 Å². The predicted octanol–water partition coefficient (Wildman–Crippen LogP) is 1.40. The smallest absolute Gasteiger partial charge is 0.265 e. The molecule has 0 saturated carbocycles. The molecule has 0 atom stereocenters. The number of benzene rings is 1. The van der Waals surface area contributed by atoms with Gasteiger partial charge in [0.2, 0.25) is 0 Å². The average molecular weight is 222 g/mol. The number of rotatable bonds is 3. The standard InChI is InChI=1S/C8H8F2O3S/c9-7-3-6(4-8(10)5-7)1-2-14(11,12)13/h3-5H,1-2H2,(H,11,12,13). The van der Waals surface area contributed by atoms with Crippen molar-refractivity contribution in [3.05, 3.63) is 35.4 Å². The Morgan fingerprint density at radius 1 is 1.14 bits per heavy atom. The molecule has 1 rings (SSSR count). The molecular weight excluding hydrogens is 214 g/mol. The van der Waals surface area contributed by atoms with Crippen LogP contribution in [-0.2, 0) is 16.5 Å². The minimum Gasteiger partial charge on any atom is -0.286 e. The highest BCUT2D eigenvalue weighted by atomic mass is 32.2. The van der Waals surface area contributed by atoms with Gasteiger partial charge in [0.25, 0.3) is 10.1 Å². The fourth-order valence-electron chi connectivity index (χ4n) is 1.00. The molecular formula is C8H8F2O3S. The molecule has 0 heterocycles. The highest BCUT2D eigenvalue weighted by Gasteiger charge is 2.06. The summed E-state index contributed by atoms with van der Waals surface area (Å²) in [5.41, 5.74) is 0.195. The summed E-state index contributed by atoms with van der Waals surface area (Å²) < 4.78 is 54.3. The predicted molar refractivity (Wildman–Crippen MR) is 46.5 cm³/mol. The second-order valence-electron chi connectivity index (χ2n) is 2.81. The van der Waals surface area contributed by atoms with Gasteiger partial charge < -0.3 is 0 Å². The van der Waals surface area contributed by atoms with E-state index in [1.807, 2.05) is 0 Å². The molecule has 0 radical (unpaired) electrons. The van der Waals surface area contributed by atoms with Crippen LogP contribution < -0.4 is 0 Å². The van der Waals surface area contributed by atoms with Crippen LogP contribution in [0.2, 0.25) is 0 Å². The first-order valence-electron chi connectivity index (χ1n) is 3.77. The van der Waals surface area contributed by atoms with Crippen LogP contribution in [-0.4, -0.2) is 18.7 Å². The van der Waals surface area contributed by atoms with E-state index in [1.54, 1.807) is 0 Å². The molecule has 14 heavy (non-hydrogen) atoms. The fraction of sp³-hybridized carbons (Fsp3) is 0.250. The van der Waals surface area contributed by atoms with Crippen LogP contribution in [0.3, 0.4) is 0 Å². The molecule has 1 aromatic rings. The Morgan fingerprint density at radius 2 is 1.64 bits per heavy atom. The lowest BCUT2D eigenvalue weighted by Gasteiger charge is -2.00. The summed E-state index contributed by atoms with van der Waals surface area (Å²) in [7, 11) is -4.09. The minimum atomic E-state index is -4.09. The van der Waals surface area contributed by atoms with Crippen molar-refractivity contribution >= 4 is 10.1 Å². The van der Waals surface area contributed by atoms with E-state index >= 15 is 0 Å². The van der Waals surface area contributed by atoms with E-state index in [0.29, 0.717) is 6.07 Å². The van der Waals surface area contributed by atoms with Gasteiger partial charge in [0.05, 0.1) is 5.75 Å². The molecule has 0 bridgehead atoms. The molecule has 0 aliphatic rings. The van der Waals surface area contributed by atoms with Crippen molar-refractivity contribution in [3.8, 4) is 0 Å². The van der Waals surface area contributed by atoms with Crippen molar-refractivity contribution < 1.29 is 21.8 Å². The number of aryl methyl sites for hydroxylation is 1. The first-order chi connectivity index (χ1) is 6.37. The number of hydrogen-bond acceptors (Lipinski definition) is 2. The van der Waals surface area contributed by atoms with E-state index in [4.69, 9.17) is 4.55 Å². The average Bonchev–Trinajstić information content (AvgIpc) is 1.97. The van der Waals surface area contributed by atoms with Crippen molar-refractivity contribution in [2.75, 3.05) is 5.75 Å². The lowest BCUT2D eigenvalue weighted by atomic mass is 10.2. The molecule has 0 aliphatic carbocycles. The summed E-state index contributed by atoms with van der Waals surface area (Å²) in [6.07, 6.45) is -0.118. The first-order valence-corrected chi connectivity index (χ1v) is 5.38. The summed E-state index contributed by atoms with van der Waals surface area (Å²) in [6, 6.07) is 2.74. The van der Waals surface area contributed by atoms with Gasteiger partial charge in [-0.05, 0) is 24.1 Å². The van der Waals surface area contributed by atoms with Gasteiger partial charge in [0, 0.05) is 6.07 Å². The minimum absolute atomic E-state index is 0.118. The topological polar surface area (TPSA) is 54.4 Å². The number of halogens is 2. The summed E-state index contributed by atoms with van der Waals surface area (Å²) >= 11 is 0. The molecule has 6 heteroatoms. The van der Waals surface area contributed by atoms with Gasteiger partial charge in [0.1, 0.15) is 11.6 Å². The largest absolute Gasteiger partial charge is 0.286 e. The molecule has 0 unspecified atom stereocenters. The molecule has 0 aromatic heterocycles. The molecule has 0 fully saturated rings. The van der Waals surface area contributed by atoms with Crippen LogP contribution in [0.1, 0.15) is 5.56 Å². The molecule has 1 aromatic carbocycles. The zero-order valence-corrected chi connectivity index (χ0v) is 7.89. The number of hydrogen-bond donors (Lipinski definition) is 1. The van der Waals surface area contributed by atoms with E-state index in [9.17, 15) is 17.2 Å². The molecule has 0 spiro atoms. The maximum absolute atomic E-state index is 12.6. The molecule has 0 aliphatic heterocycles. The van der Waals surface area contributed by atoms with Crippen LogP contribution in [0.15, 0.2) is 18.2 Å². The van der Waals surface area contributed by atoms with Crippen LogP contribution in [0, 0.1) is 11.6 Å². The SMILES string of the molecule is O=S(=O)(O)CCc1cc(F)cc(F)c1. The summed E-state index contributed by atoms with van der Waals surface area (Å²) in [6.45, 7) is 0. The Kier molecular flexibility index (Phi) is 3.17. The normalized spacial score (nSPS) is 11.6. The Balaban J connectivity index is 2.78. The van der Waals surface area contributed by atoms with Crippen LogP contribution >= 0.6 is 0 Å². The second-order valence-corrected chi connectivity index (χ2v) is 4.39. The summed E-state index contributed by atoms with van der Waals surface area (Å²) in [5.74, 6) is -2.08. The van der Waals surface area contributed by atoms with Gasteiger partial charge >= 0.3 is 0 Å². The summed E-state index contributed by atoms with van der Waals surface area (Å²) in [4.78, 5) is 0. The zero-order chi connectivity index (χ0) is 10.8. The van der Waals surface area contributed by atoms with Gasteiger partial charge in [-0.3, -0.25) is 4.55 Å².